The fraction of sp³-hybridized carbons (Fsp3) is 0.941. The number of carbonyl (C=O) groups excluding carboxylic acids is 1. The molecule has 7 nitrogen and oxygen atoms in total. The molecule has 0 bridgehead atoms. The molecular weight excluding hydrogens is 312 g/mol. The van der Waals surface area contributed by atoms with Crippen LogP contribution in [0.5, 0.6) is 0 Å². The van der Waals surface area contributed by atoms with Crippen LogP contribution in [0.2, 0.25) is 0 Å². The maximum absolute atomic E-state index is 11.9. The highest BCUT2D eigenvalue weighted by Crippen LogP contribution is 2.35. The molecule has 1 aliphatic carbocycles. The van der Waals surface area contributed by atoms with Crippen molar-refractivity contribution in [2.24, 2.45) is 0 Å². The lowest BCUT2D eigenvalue weighted by molar-refractivity contribution is -0.124. The van der Waals surface area contributed by atoms with Crippen LogP contribution >= 0.6 is 0 Å². The monoisotopic (exact) mass is 340 g/mol. The predicted octanol–water partition coefficient (Wildman–Crippen LogP) is -0.290. The fourth-order valence-electron chi connectivity index (χ4n) is 3.91. The number of hydrogen-bond donors (Lipinski definition) is 3. The van der Waals surface area contributed by atoms with Gasteiger partial charge in [0.05, 0.1) is 24.7 Å². The first-order chi connectivity index (χ1) is 11.7. The summed E-state index contributed by atoms with van der Waals surface area (Å²) >= 11 is 0. The van der Waals surface area contributed by atoms with Gasteiger partial charge in [0.1, 0.15) is 12.2 Å². The van der Waals surface area contributed by atoms with Crippen molar-refractivity contribution in [2.45, 2.75) is 81.1 Å². The summed E-state index contributed by atoms with van der Waals surface area (Å²) in [5, 5.41) is 16.9. The van der Waals surface area contributed by atoms with Crippen LogP contribution in [-0.2, 0) is 19.0 Å². The lowest BCUT2D eigenvalue weighted by atomic mass is 10.1. The number of nitrogens with one attached hydrogen (secondary N) is 2. The average Bonchev–Trinajstić information content (AvgIpc) is 3.22. The van der Waals surface area contributed by atoms with Crippen LogP contribution in [0.3, 0.4) is 0 Å². The first-order valence-electron chi connectivity index (χ1n) is 9.28. The predicted molar refractivity (Wildman–Crippen MR) is 85.6 cm³/mol. The summed E-state index contributed by atoms with van der Waals surface area (Å²) < 4.78 is 17.3. The van der Waals surface area contributed by atoms with Crippen molar-refractivity contribution in [1.82, 2.24) is 10.6 Å². The molecule has 1 amide bonds. The van der Waals surface area contributed by atoms with Crippen LogP contribution in [0.25, 0.3) is 0 Å². The number of hydrogen-bond acceptors (Lipinski definition) is 6. The summed E-state index contributed by atoms with van der Waals surface area (Å²) in [7, 11) is 0. The van der Waals surface area contributed by atoms with Crippen LogP contribution in [0, 0.1) is 0 Å². The summed E-state index contributed by atoms with van der Waals surface area (Å²) in [6.07, 6.45) is 3.84. The molecule has 136 valence electrons. The van der Waals surface area contributed by atoms with Crippen LogP contribution in [0.1, 0.15) is 38.5 Å². The molecular formula is C17H28N2O5. The summed E-state index contributed by atoms with van der Waals surface area (Å²) in [6, 6.07) is 0.815. The molecule has 24 heavy (non-hydrogen) atoms. The minimum atomic E-state index is -0.626. The lowest BCUT2D eigenvalue weighted by Gasteiger charge is -2.26. The van der Waals surface area contributed by atoms with Crippen LogP contribution in [-0.4, -0.2) is 73.4 Å². The highest BCUT2D eigenvalue weighted by Gasteiger charge is 2.50. The summed E-state index contributed by atoms with van der Waals surface area (Å²) in [4.78, 5) is 11.9. The SMILES string of the molecule is O=C(C[C@@H]1C[C@H]2O[C@H](CNC3CCOCC3)[C@@H](O)[C@H]2O1)NC1CC1. The van der Waals surface area contributed by atoms with Gasteiger partial charge in [-0.15, -0.1) is 0 Å². The van der Waals surface area contributed by atoms with E-state index in [0.717, 1.165) is 38.9 Å². The molecule has 4 rings (SSSR count). The third-order valence-electron chi connectivity index (χ3n) is 5.46. The Morgan fingerprint density at radius 3 is 2.58 bits per heavy atom. The van der Waals surface area contributed by atoms with Gasteiger partial charge in [-0.3, -0.25) is 4.79 Å². The number of aliphatic hydroxyl groups is 1. The third kappa shape index (κ3) is 3.91. The largest absolute Gasteiger partial charge is 0.388 e. The Bertz CT molecular complexity index is 452. The second kappa shape index (κ2) is 7.25. The van der Waals surface area contributed by atoms with Crippen LogP contribution < -0.4 is 10.6 Å². The minimum Gasteiger partial charge on any atom is -0.388 e. The Balaban J connectivity index is 1.20. The number of carbonyl (C=O) groups is 1. The molecule has 3 heterocycles. The number of rotatable bonds is 6. The number of fused-ring (bicyclic) bond motifs is 1. The average molecular weight is 340 g/mol. The normalized spacial score (nSPS) is 39.8. The minimum absolute atomic E-state index is 0.0506. The second-order valence-electron chi connectivity index (χ2n) is 7.50. The topological polar surface area (TPSA) is 89.1 Å². The first-order valence-corrected chi connectivity index (χ1v) is 9.28. The van der Waals surface area contributed by atoms with Gasteiger partial charge in [0.25, 0.3) is 0 Å². The molecule has 1 saturated carbocycles. The molecule has 3 saturated heterocycles. The highest BCUT2D eigenvalue weighted by atomic mass is 16.6. The van der Waals surface area contributed by atoms with Crippen molar-refractivity contribution in [3.05, 3.63) is 0 Å². The maximum Gasteiger partial charge on any atom is 0.222 e. The van der Waals surface area contributed by atoms with Crippen molar-refractivity contribution in [3.63, 3.8) is 0 Å². The van der Waals surface area contributed by atoms with Gasteiger partial charge < -0.3 is 30.0 Å². The zero-order valence-corrected chi connectivity index (χ0v) is 14.0. The molecule has 7 heteroatoms. The molecule has 3 N–H and O–H groups in total. The molecule has 4 aliphatic rings. The van der Waals surface area contributed by atoms with Crippen molar-refractivity contribution in [2.75, 3.05) is 19.8 Å². The van der Waals surface area contributed by atoms with E-state index in [1.807, 2.05) is 0 Å². The maximum atomic E-state index is 11.9. The number of ether oxygens (including phenoxy) is 3. The molecule has 0 unspecified atom stereocenters. The van der Waals surface area contributed by atoms with Gasteiger partial charge in [-0.2, -0.15) is 0 Å². The van der Waals surface area contributed by atoms with Gasteiger partial charge in [0.15, 0.2) is 0 Å². The van der Waals surface area contributed by atoms with Crippen LogP contribution in [0.15, 0.2) is 0 Å². The van der Waals surface area contributed by atoms with Crippen molar-refractivity contribution in [1.29, 1.82) is 0 Å². The molecule has 0 aromatic heterocycles. The molecule has 3 aliphatic heterocycles. The van der Waals surface area contributed by atoms with Gasteiger partial charge >= 0.3 is 0 Å². The Morgan fingerprint density at radius 1 is 1.08 bits per heavy atom. The Hall–Kier alpha value is -0.730. The number of amides is 1. The first kappa shape index (κ1) is 16.7. The molecule has 0 spiro atoms. The quantitative estimate of drug-likeness (QED) is 0.616. The van der Waals surface area contributed by atoms with Crippen molar-refractivity contribution < 1.29 is 24.1 Å². The second-order valence-corrected chi connectivity index (χ2v) is 7.50. The van der Waals surface area contributed by atoms with E-state index < -0.39 is 6.10 Å². The van der Waals surface area contributed by atoms with Gasteiger partial charge in [-0.1, -0.05) is 0 Å². The molecule has 0 aromatic carbocycles. The van der Waals surface area contributed by atoms with E-state index in [4.69, 9.17) is 14.2 Å². The summed E-state index contributed by atoms with van der Waals surface area (Å²) in [5.74, 6) is 0.0506. The highest BCUT2D eigenvalue weighted by molar-refractivity contribution is 5.77. The van der Waals surface area contributed by atoms with E-state index >= 15 is 0 Å². The van der Waals surface area contributed by atoms with Gasteiger partial charge in [0.2, 0.25) is 5.91 Å². The van der Waals surface area contributed by atoms with E-state index in [9.17, 15) is 9.90 Å². The Kier molecular flexibility index (Phi) is 5.05. The molecule has 0 aromatic rings. The smallest absolute Gasteiger partial charge is 0.222 e. The van der Waals surface area contributed by atoms with Crippen molar-refractivity contribution >= 4 is 5.91 Å². The molecule has 0 radical (unpaired) electrons. The summed E-state index contributed by atoms with van der Waals surface area (Å²) in [6.45, 7) is 2.23. The van der Waals surface area contributed by atoms with E-state index in [0.29, 0.717) is 31.5 Å². The summed E-state index contributed by atoms with van der Waals surface area (Å²) in [5.41, 5.74) is 0. The standard InChI is InChI=1S/C17H28N2O5/c20-15(19-11-1-2-11)8-12-7-13-17(23-12)16(21)14(24-13)9-18-10-3-5-22-6-4-10/h10-14,16-18,21H,1-9H2,(H,19,20)/t12-,13+,14+,16+,17-/m0/s1. The Labute approximate surface area is 142 Å². The van der Waals surface area contributed by atoms with E-state index in [1.165, 1.54) is 0 Å². The Morgan fingerprint density at radius 2 is 1.88 bits per heavy atom. The third-order valence-corrected chi connectivity index (χ3v) is 5.46. The van der Waals surface area contributed by atoms with E-state index in [1.54, 1.807) is 0 Å². The van der Waals surface area contributed by atoms with Gasteiger partial charge in [-0.05, 0) is 25.7 Å². The van der Waals surface area contributed by atoms with Gasteiger partial charge in [-0.25, -0.2) is 0 Å². The van der Waals surface area contributed by atoms with Crippen molar-refractivity contribution in [3.8, 4) is 0 Å². The number of aliphatic hydroxyl groups excluding tert-OH is 1. The lowest BCUT2D eigenvalue weighted by Crippen LogP contribution is -2.44. The molecule has 5 atom stereocenters. The molecule has 4 fully saturated rings. The zero-order chi connectivity index (χ0) is 16.5. The zero-order valence-electron chi connectivity index (χ0n) is 14.0. The van der Waals surface area contributed by atoms with E-state index in [-0.39, 0.29) is 30.3 Å². The fourth-order valence-corrected chi connectivity index (χ4v) is 3.91. The van der Waals surface area contributed by atoms with E-state index in [2.05, 4.69) is 10.6 Å². The van der Waals surface area contributed by atoms with Crippen LogP contribution in [0.4, 0.5) is 0 Å². The van der Waals surface area contributed by atoms with Gasteiger partial charge in [0, 0.05) is 38.3 Å².